The number of cyclic esters (lactones) is 1. The molecule has 23 heavy (non-hydrogen) atoms. The minimum atomic E-state index is -0.174. The molecule has 0 amide bonds. The van der Waals surface area contributed by atoms with Crippen molar-refractivity contribution in [3.8, 4) is 5.69 Å². The summed E-state index contributed by atoms with van der Waals surface area (Å²) in [6.07, 6.45) is 3.43. The SMILES string of the molecule is COCCc1nc(CC2CCOC2=O)n(-c2ccc(Cl)nc2)n1. The molecule has 8 heteroatoms. The molecule has 0 radical (unpaired) electrons. The van der Waals surface area contributed by atoms with E-state index < -0.39 is 0 Å². The van der Waals surface area contributed by atoms with Crippen LogP contribution < -0.4 is 0 Å². The smallest absolute Gasteiger partial charge is 0.309 e. The molecule has 0 aliphatic carbocycles. The van der Waals surface area contributed by atoms with Crippen LogP contribution in [0.4, 0.5) is 0 Å². The van der Waals surface area contributed by atoms with Crippen molar-refractivity contribution in [3.05, 3.63) is 35.1 Å². The van der Waals surface area contributed by atoms with Crippen molar-refractivity contribution in [3.63, 3.8) is 0 Å². The first-order valence-corrected chi connectivity index (χ1v) is 7.77. The van der Waals surface area contributed by atoms with E-state index in [0.717, 1.165) is 5.69 Å². The number of hydrogen-bond acceptors (Lipinski definition) is 6. The zero-order valence-electron chi connectivity index (χ0n) is 12.7. The lowest BCUT2D eigenvalue weighted by Gasteiger charge is -2.07. The first kappa shape index (κ1) is 15.9. The van der Waals surface area contributed by atoms with Gasteiger partial charge in [0.1, 0.15) is 11.0 Å². The van der Waals surface area contributed by atoms with Gasteiger partial charge >= 0.3 is 5.97 Å². The van der Waals surface area contributed by atoms with Gasteiger partial charge in [-0.25, -0.2) is 14.6 Å². The Kier molecular flexibility index (Phi) is 4.88. The maximum absolute atomic E-state index is 11.7. The number of ether oxygens (including phenoxy) is 2. The Labute approximate surface area is 138 Å². The van der Waals surface area contributed by atoms with Crippen molar-refractivity contribution in [2.75, 3.05) is 20.3 Å². The summed E-state index contributed by atoms with van der Waals surface area (Å²) in [5.74, 6) is 1.04. The molecule has 3 heterocycles. The fraction of sp³-hybridized carbons (Fsp3) is 0.467. The van der Waals surface area contributed by atoms with Crippen molar-refractivity contribution >= 4 is 17.6 Å². The quantitative estimate of drug-likeness (QED) is 0.589. The maximum Gasteiger partial charge on any atom is 0.309 e. The minimum absolute atomic E-state index is 0.173. The molecule has 2 aromatic rings. The number of carbonyl (C=O) groups is 1. The first-order valence-electron chi connectivity index (χ1n) is 7.39. The van der Waals surface area contributed by atoms with E-state index >= 15 is 0 Å². The number of pyridine rings is 1. The van der Waals surface area contributed by atoms with E-state index in [1.165, 1.54) is 0 Å². The molecule has 0 spiro atoms. The molecule has 1 aliphatic heterocycles. The highest BCUT2D eigenvalue weighted by molar-refractivity contribution is 6.29. The van der Waals surface area contributed by atoms with Crippen LogP contribution in [0.15, 0.2) is 18.3 Å². The van der Waals surface area contributed by atoms with E-state index in [1.807, 2.05) is 6.07 Å². The van der Waals surface area contributed by atoms with Gasteiger partial charge in [0, 0.05) is 20.0 Å². The number of rotatable bonds is 6. The molecule has 1 unspecified atom stereocenters. The van der Waals surface area contributed by atoms with Crippen molar-refractivity contribution in [2.45, 2.75) is 19.3 Å². The van der Waals surface area contributed by atoms with E-state index in [0.29, 0.717) is 49.3 Å². The van der Waals surface area contributed by atoms with Gasteiger partial charge in [0.2, 0.25) is 0 Å². The number of aromatic nitrogens is 4. The lowest BCUT2D eigenvalue weighted by Crippen LogP contribution is -2.14. The summed E-state index contributed by atoms with van der Waals surface area (Å²) in [6.45, 7) is 1.00. The van der Waals surface area contributed by atoms with Gasteiger partial charge in [0.15, 0.2) is 5.82 Å². The maximum atomic E-state index is 11.7. The average molecular weight is 337 g/mol. The van der Waals surface area contributed by atoms with Gasteiger partial charge in [-0.2, -0.15) is 5.10 Å². The summed E-state index contributed by atoms with van der Waals surface area (Å²) in [5, 5.41) is 4.92. The summed E-state index contributed by atoms with van der Waals surface area (Å²) in [5.41, 5.74) is 0.756. The van der Waals surface area contributed by atoms with E-state index in [-0.39, 0.29) is 11.9 Å². The van der Waals surface area contributed by atoms with Crippen LogP contribution >= 0.6 is 11.6 Å². The van der Waals surface area contributed by atoms with E-state index in [9.17, 15) is 4.79 Å². The van der Waals surface area contributed by atoms with Crippen molar-refractivity contribution < 1.29 is 14.3 Å². The summed E-state index contributed by atoms with van der Waals surface area (Å²) >= 11 is 5.84. The number of halogens is 1. The average Bonchev–Trinajstić information content (AvgIpc) is 3.13. The van der Waals surface area contributed by atoms with Crippen LogP contribution in [-0.2, 0) is 27.1 Å². The Morgan fingerprint density at radius 3 is 3.00 bits per heavy atom. The Morgan fingerprint density at radius 2 is 2.35 bits per heavy atom. The van der Waals surface area contributed by atoms with Crippen LogP contribution in [0.5, 0.6) is 0 Å². The van der Waals surface area contributed by atoms with Crippen molar-refractivity contribution in [2.24, 2.45) is 5.92 Å². The van der Waals surface area contributed by atoms with Gasteiger partial charge in [-0.3, -0.25) is 4.79 Å². The second-order valence-electron chi connectivity index (χ2n) is 5.30. The number of hydrogen-bond donors (Lipinski definition) is 0. The van der Waals surface area contributed by atoms with Gasteiger partial charge in [-0.15, -0.1) is 0 Å². The Morgan fingerprint density at radius 1 is 1.48 bits per heavy atom. The number of carbonyl (C=O) groups excluding carboxylic acids is 1. The predicted octanol–water partition coefficient (Wildman–Crippen LogP) is 1.61. The molecule has 1 saturated heterocycles. The molecule has 122 valence electrons. The van der Waals surface area contributed by atoms with Crippen LogP contribution in [0.25, 0.3) is 5.69 Å². The summed E-state index contributed by atoms with van der Waals surface area (Å²) in [4.78, 5) is 20.3. The molecular formula is C15H17ClN4O3. The molecule has 3 rings (SSSR count). The van der Waals surface area contributed by atoms with Gasteiger partial charge in [0.25, 0.3) is 0 Å². The molecule has 1 atom stereocenters. The number of nitrogens with zero attached hydrogens (tertiary/aromatic N) is 4. The molecule has 0 saturated carbocycles. The fourth-order valence-electron chi connectivity index (χ4n) is 2.47. The Hall–Kier alpha value is -1.99. The summed E-state index contributed by atoms with van der Waals surface area (Å²) in [7, 11) is 1.63. The van der Waals surface area contributed by atoms with E-state index in [1.54, 1.807) is 24.1 Å². The molecule has 0 N–H and O–H groups in total. The van der Waals surface area contributed by atoms with Crippen molar-refractivity contribution in [1.82, 2.24) is 19.7 Å². The standard InChI is InChI=1S/C15H17ClN4O3/c1-22-6-5-13-18-14(8-10-4-7-23-15(10)21)20(19-13)11-2-3-12(16)17-9-11/h2-3,9-10H,4-8H2,1H3. The second-order valence-corrected chi connectivity index (χ2v) is 5.68. The van der Waals surface area contributed by atoms with Crippen molar-refractivity contribution in [1.29, 1.82) is 0 Å². The molecule has 0 bridgehead atoms. The summed E-state index contributed by atoms with van der Waals surface area (Å²) < 4.78 is 11.8. The lowest BCUT2D eigenvalue weighted by atomic mass is 10.0. The second kappa shape index (κ2) is 7.06. The molecule has 7 nitrogen and oxygen atoms in total. The van der Waals surface area contributed by atoms with Gasteiger partial charge in [-0.1, -0.05) is 11.6 Å². The van der Waals surface area contributed by atoms with Crippen LogP contribution in [-0.4, -0.2) is 46.0 Å². The third kappa shape index (κ3) is 3.68. The minimum Gasteiger partial charge on any atom is -0.465 e. The number of esters is 1. The largest absolute Gasteiger partial charge is 0.465 e. The first-order chi connectivity index (χ1) is 11.2. The van der Waals surface area contributed by atoms with Crippen LogP contribution in [0.2, 0.25) is 5.15 Å². The molecule has 2 aromatic heterocycles. The third-order valence-corrected chi connectivity index (χ3v) is 3.90. The molecule has 0 aromatic carbocycles. The molecule has 1 aliphatic rings. The highest BCUT2D eigenvalue weighted by atomic mass is 35.5. The third-order valence-electron chi connectivity index (χ3n) is 3.68. The van der Waals surface area contributed by atoms with Crippen LogP contribution in [0.3, 0.4) is 0 Å². The van der Waals surface area contributed by atoms with E-state index in [4.69, 9.17) is 21.1 Å². The van der Waals surface area contributed by atoms with E-state index in [2.05, 4.69) is 15.1 Å². The van der Waals surface area contributed by atoms with Crippen LogP contribution in [0, 0.1) is 5.92 Å². The lowest BCUT2D eigenvalue weighted by molar-refractivity contribution is -0.141. The highest BCUT2D eigenvalue weighted by Crippen LogP contribution is 2.21. The highest BCUT2D eigenvalue weighted by Gasteiger charge is 2.29. The zero-order chi connectivity index (χ0) is 16.2. The monoisotopic (exact) mass is 336 g/mol. The zero-order valence-corrected chi connectivity index (χ0v) is 13.5. The van der Waals surface area contributed by atoms with Gasteiger partial charge in [0.05, 0.1) is 31.0 Å². The van der Waals surface area contributed by atoms with Gasteiger partial charge < -0.3 is 9.47 Å². The topological polar surface area (TPSA) is 79.1 Å². The molecular weight excluding hydrogens is 320 g/mol. The predicted molar refractivity (Wildman–Crippen MR) is 82.5 cm³/mol. The normalized spacial score (nSPS) is 17.5. The van der Waals surface area contributed by atoms with Crippen LogP contribution in [0.1, 0.15) is 18.1 Å². The van der Waals surface area contributed by atoms with Gasteiger partial charge in [-0.05, 0) is 18.6 Å². The summed E-state index contributed by atoms with van der Waals surface area (Å²) in [6, 6.07) is 3.52. The Bertz CT molecular complexity index is 687. The number of methoxy groups -OCH3 is 1. The fourth-order valence-corrected chi connectivity index (χ4v) is 2.58. The Balaban J connectivity index is 1.89. The molecule has 1 fully saturated rings.